The third kappa shape index (κ3) is 3.78. The molecule has 0 aromatic heterocycles. The van der Waals surface area contributed by atoms with E-state index >= 15 is 0 Å². The van der Waals surface area contributed by atoms with E-state index in [1.54, 1.807) is 0 Å². The molecule has 2 atom stereocenters. The van der Waals surface area contributed by atoms with Gasteiger partial charge in [0.15, 0.2) is 0 Å². The predicted molar refractivity (Wildman–Crippen MR) is 52.8 cm³/mol. The van der Waals surface area contributed by atoms with Gasteiger partial charge in [-0.15, -0.1) is 0 Å². The van der Waals surface area contributed by atoms with Crippen LogP contribution in [0.3, 0.4) is 0 Å². The van der Waals surface area contributed by atoms with E-state index in [0.29, 0.717) is 12.0 Å². The molecule has 1 rings (SSSR count). The standard InChI is InChI=1S/C9H18O2S/c1-8(7-12)5-10-6-9-3-2-4-11-9/h8-9,12H,2-7H2,1H3. The van der Waals surface area contributed by atoms with Gasteiger partial charge in [-0.05, 0) is 24.5 Å². The molecule has 0 aromatic rings. The number of hydrogen-bond donors (Lipinski definition) is 1. The normalized spacial score (nSPS) is 26.0. The van der Waals surface area contributed by atoms with Gasteiger partial charge >= 0.3 is 0 Å². The van der Waals surface area contributed by atoms with Crippen molar-refractivity contribution in [2.45, 2.75) is 25.9 Å². The maximum absolute atomic E-state index is 5.50. The van der Waals surface area contributed by atoms with Gasteiger partial charge in [-0.3, -0.25) is 0 Å². The van der Waals surface area contributed by atoms with Crippen LogP contribution in [0.4, 0.5) is 0 Å². The second kappa shape index (κ2) is 5.84. The highest BCUT2D eigenvalue weighted by Gasteiger charge is 2.15. The van der Waals surface area contributed by atoms with Gasteiger partial charge in [0.05, 0.1) is 19.3 Å². The molecule has 12 heavy (non-hydrogen) atoms. The Morgan fingerprint density at radius 3 is 3.08 bits per heavy atom. The van der Waals surface area contributed by atoms with Gasteiger partial charge in [0.25, 0.3) is 0 Å². The Hall–Kier alpha value is 0.270. The van der Waals surface area contributed by atoms with Gasteiger partial charge in [-0.25, -0.2) is 0 Å². The maximum Gasteiger partial charge on any atom is 0.0809 e. The molecule has 2 unspecified atom stereocenters. The summed E-state index contributed by atoms with van der Waals surface area (Å²) in [4.78, 5) is 0. The second-order valence-corrected chi connectivity index (χ2v) is 3.83. The minimum atomic E-state index is 0.358. The Labute approximate surface area is 80.0 Å². The lowest BCUT2D eigenvalue weighted by Crippen LogP contribution is -2.17. The average Bonchev–Trinajstić information content (AvgIpc) is 2.57. The van der Waals surface area contributed by atoms with E-state index in [0.717, 1.165) is 32.0 Å². The van der Waals surface area contributed by atoms with Crippen LogP contribution in [0, 0.1) is 5.92 Å². The van der Waals surface area contributed by atoms with Gasteiger partial charge < -0.3 is 9.47 Å². The van der Waals surface area contributed by atoms with E-state index in [2.05, 4.69) is 19.6 Å². The third-order valence-corrected chi connectivity index (χ3v) is 2.67. The first-order valence-electron chi connectivity index (χ1n) is 4.63. The van der Waals surface area contributed by atoms with Crippen LogP contribution in [0.1, 0.15) is 19.8 Å². The van der Waals surface area contributed by atoms with Crippen molar-refractivity contribution in [2.75, 3.05) is 25.6 Å². The molecule has 0 saturated carbocycles. The zero-order valence-corrected chi connectivity index (χ0v) is 8.56. The quantitative estimate of drug-likeness (QED) is 0.666. The van der Waals surface area contributed by atoms with Gasteiger partial charge in [0, 0.05) is 6.61 Å². The summed E-state index contributed by atoms with van der Waals surface area (Å²) >= 11 is 4.19. The van der Waals surface area contributed by atoms with Crippen molar-refractivity contribution in [3.63, 3.8) is 0 Å². The largest absolute Gasteiger partial charge is 0.378 e. The van der Waals surface area contributed by atoms with Crippen molar-refractivity contribution in [1.82, 2.24) is 0 Å². The fourth-order valence-corrected chi connectivity index (χ4v) is 1.33. The Balaban J connectivity index is 1.94. The van der Waals surface area contributed by atoms with Crippen LogP contribution in [-0.4, -0.2) is 31.7 Å². The molecule has 0 bridgehead atoms. The molecule has 1 aliphatic rings. The highest BCUT2D eigenvalue weighted by Crippen LogP contribution is 2.12. The zero-order valence-electron chi connectivity index (χ0n) is 7.66. The Kier molecular flexibility index (Phi) is 5.04. The fourth-order valence-electron chi connectivity index (χ4n) is 1.23. The van der Waals surface area contributed by atoms with Crippen molar-refractivity contribution in [1.29, 1.82) is 0 Å². The first-order valence-corrected chi connectivity index (χ1v) is 5.26. The van der Waals surface area contributed by atoms with E-state index in [4.69, 9.17) is 9.47 Å². The first kappa shape index (κ1) is 10.4. The van der Waals surface area contributed by atoms with E-state index in [-0.39, 0.29) is 0 Å². The van der Waals surface area contributed by atoms with E-state index < -0.39 is 0 Å². The molecule has 2 nitrogen and oxygen atoms in total. The minimum absolute atomic E-state index is 0.358. The molecule has 0 aliphatic carbocycles. The average molecular weight is 190 g/mol. The molecule has 1 aliphatic heterocycles. The molecule has 0 N–H and O–H groups in total. The van der Waals surface area contributed by atoms with Crippen LogP contribution in [0.5, 0.6) is 0 Å². The lowest BCUT2D eigenvalue weighted by Gasteiger charge is -2.12. The maximum atomic E-state index is 5.50. The zero-order chi connectivity index (χ0) is 8.81. The molecule has 3 heteroatoms. The van der Waals surface area contributed by atoms with Gasteiger partial charge in [-0.1, -0.05) is 6.92 Å². The Morgan fingerprint density at radius 2 is 2.50 bits per heavy atom. The lowest BCUT2D eigenvalue weighted by atomic mass is 10.2. The fraction of sp³-hybridized carbons (Fsp3) is 1.00. The highest BCUT2D eigenvalue weighted by molar-refractivity contribution is 7.80. The van der Waals surface area contributed by atoms with Crippen LogP contribution in [0.2, 0.25) is 0 Å². The summed E-state index contributed by atoms with van der Waals surface area (Å²) < 4.78 is 10.9. The van der Waals surface area contributed by atoms with Gasteiger partial charge in [0.1, 0.15) is 0 Å². The summed E-state index contributed by atoms with van der Waals surface area (Å²) in [5.41, 5.74) is 0. The third-order valence-electron chi connectivity index (χ3n) is 2.04. The number of hydrogen-bond acceptors (Lipinski definition) is 3. The van der Waals surface area contributed by atoms with Crippen LogP contribution >= 0.6 is 12.6 Å². The highest BCUT2D eigenvalue weighted by atomic mass is 32.1. The first-order chi connectivity index (χ1) is 5.83. The number of thiol groups is 1. The van der Waals surface area contributed by atoms with Crippen molar-refractivity contribution < 1.29 is 9.47 Å². The molecule has 0 aromatic carbocycles. The van der Waals surface area contributed by atoms with Gasteiger partial charge in [-0.2, -0.15) is 12.6 Å². The van der Waals surface area contributed by atoms with Gasteiger partial charge in [0.2, 0.25) is 0 Å². The van der Waals surface area contributed by atoms with Crippen molar-refractivity contribution in [3.8, 4) is 0 Å². The number of rotatable bonds is 5. The van der Waals surface area contributed by atoms with E-state index in [1.165, 1.54) is 6.42 Å². The molecule has 72 valence electrons. The molecule has 1 heterocycles. The molecule has 1 saturated heterocycles. The lowest BCUT2D eigenvalue weighted by molar-refractivity contribution is 0.00932. The number of ether oxygens (including phenoxy) is 2. The summed E-state index contributed by atoms with van der Waals surface area (Å²) in [6.07, 6.45) is 2.71. The smallest absolute Gasteiger partial charge is 0.0809 e. The van der Waals surface area contributed by atoms with E-state index in [1.807, 2.05) is 0 Å². The van der Waals surface area contributed by atoms with Crippen LogP contribution < -0.4 is 0 Å². The summed E-state index contributed by atoms with van der Waals surface area (Å²) in [7, 11) is 0. The summed E-state index contributed by atoms with van der Waals surface area (Å²) in [5, 5.41) is 0. The monoisotopic (exact) mass is 190 g/mol. The van der Waals surface area contributed by atoms with Crippen LogP contribution in [0.25, 0.3) is 0 Å². The summed E-state index contributed by atoms with van der Waals surface area (Å²) in [6.45, 7) is 4.63. The summed E-state index contributed by atoms with van der Waals surface area (Å²) in [5.74, 6) is 1.45. The van der Waals surface area contributed by atoms with Crippen molar-refractivity contribution in [3.05, 3.63) is 0 Å². The SMILES string of the molecule is CC(CS)COCC1CCCO1. The molecule has 0 radical (unpaired) electrons. The van der Waals surface area contributed by atoms with Crippen molar-refractivity contribution >= 4 is 12.6 Å². The Morgan fingerprint density at radius 1 is 1.67 bits per heavy atom. The minimum Gasteiger partial charge on any atom is -0.378 e. The molecular formula is C9H18O2S. The second-order valence-electron chi connectivity index (χ2n) is 3.46. The molecule has 0 spiro atoms. The Bertz CT molecular complexity index is 113. The summed E-state index contributed by atoms with van der Waals surface area (Å²) in [6, 6.07) is 0. The van der Waals surface area contributed by atoms with Crippen molar-refractivity contribution in [2.24, 2.45) is 5.92 Å². The van der Waals surface area contributed by atoms with Crippen LogP contribution in [-0.2, 0) is 9.47 Å². The molecule has 0 amide bonds. The van der Waals surface area contributed by atoms with E-state index in [9.17, 15) is 0 Å². The molecule has 1 fully saturated rings. The van der Waals surface area contributed by atoms with Crippen LogP contribution in [0.15, 0.2) is 0 Å². The topological polar surface area (TPSA) is 18.5 Å². The molecular weight excluding hydrogens is 172 g/mol. The predicted octanol–water partition coefficient (Wildman–Crippen LogP) is 1.75.